The van der Waals surface area contributed by atoms with Crippen LogP contribution in [-0.2, 0) is 12.8 Å². The number of thiazole rings is 1. The van der Waals surface area contributed by atoms with Gasteiger partial charge in [0.25, 0.3) is 0 Å². The summed E-state index contributed by atoms with van der Waals surface area (Å²) in [5.74, 6) is 1.97. The molecule has 1 fully saturated rings. The number of hydrogen-bond donors (Lipinski definition) is 0. The molecule has 2 aliphatic heterocycles. The van der Waals surface area contributed by atoms with Crippen molar-refractivity contribution in [3.8, 4) is 5.75 Å². The zero-order valence-electron chi connectivity index (χ0n) is 19.0. The standard InChI is InChI=1S/C26H30N4OS/c1-18-27-25-24(32-18)16-20-6-4-5-7-23(20)28-26(25)30-15-14-29(2)21(17-30)11-8-19-9-12-22(31-3)13-10-19/h4-7,9-10,12-13,21H,8,11,14-17H2,1-3H3/t21-/m0/s1. The molecule has 5 nitrogen and oxygen atoms in total. The summed E-state index contributed by atoms with van der Waals surface area (Å²) in [7, 11) is 3.96. The zero-order valence-corrected chi connectivity index (χ0v) is 19.9. The van der Waals surface area contributed by atoms with Crippen LogP contribution in [0.4, 0.5) is 5.69 Å². The molecule has 0 unspecified atom stereocenters. The van der Waals surface area contributed by atoms with Gasteiger partial charge in [-0.05, 0) is 56.1 Å². The maximum Gasteiger partial charge on any atom is 0.156 e. The fraction of sp³-hybridized carbons (Fsp3) is 0.385. The Bertz CT molecular complexity index is 1120. The van der Waals surface area contributed by atoms with E-state index in [1.54, 1.807) is 7.11 Å². The average molecular weight is 447 g/mol. The third kappa shape index (κ3) is 4.30. The van der Waals surface area contributed by atoms with E-state index < -0.39 is 0 Å². The normalized spacial score (nSPS) is 18.5. The van der Waals surface area contributed by atoms with Gasteiger partial charge in [0.05, 0.1) is 17.8 Å². The smallest absolute Gasteiger partial charge is 0.156 e. The van der Waals surface area contributed by atoms with E-state index in [1.165, 1.54) is 16.0 Å². The van der Waals surface area contributed by atoms with Crippen molar-refractivity contribution in [3.05, 3.63) is 75.2 Å². The number of aromatic nitrogens is 1. The van der Waals surface area contributed by atoms with Crippen LogP contribution in [0.2, 0.25) is 0 Å². The molecule has 166 valence electrons. The van der Waals surface area contributed by atoms with Gasteiger partial charge in [0.2, 0.25) is 0 Å². The van der Waals surface area contributed by atoms with Crippen LogP contribution in [-0.4, -0.2) is 60.5 Å². The number of aryl methyl sites for hydroxylation is 2. The van der Waals surface area contributed by atoms with Crippen molar-refractivity contribution in [3.63, 3.8) is 0 Å². The number of likely N-dealkylation sites (N-methyl/N-ethyl adjacent to an activating group) is 1. The molecular weight excluding hydrogens is 416 g/mol. The number of rotatable bonds is 4. The van der Waals surface area contributed by atoms with Crippen molar-refractivity contribution < 1.29 is 4.74 Å². The summed E-state index contributed by atoms with van der Waals surface area (Å²) in [6.07, 6.45) is 3.09. The second-order valence-electron chi connectivity index (χ2n) is 8.71. The molecule has 1 saturated heterocycles. The highest BCUT2D eigenvalue weighted by Crippen LogP contribution is 2.33. The SMILES string of the molecule is COc1ccc(CC[C@H]2CN(C3=Nc4ccccc4Cc4sc(C)nc43)CCN2C)cc1. The molecule has 2 aromatic carbocycles. The van der Waals surface area contributed by atoms with E-state index >= 15 is 0 Å². The van der Waals surface area contributed by atoms with Crippen LogP contribution in [0.3, 0.4) is 0 Å². The topological polar surface area (TPSA) is 41.0 Å². The van der Waals surface area contributed by atoms with Gasteiger partial charge in [-0.2, -0.15) is 0 Å². The van der Waals surface area contributed by atoms with Crippen molar-refractivity contribution in [1.82, 2.24) is 14.8 Å². The highest BCUT2D eigenvalue weighted by atomic mass is 32.1. The zero-order chi connectivity index (χ0) is 22.1. The second kappa shape index (κ2) is 9.04. The predicted octanol–water partition coefficient (Wildman–Crippen LogP) is 4.69. The van der Waals surface area contributed by atoms with Gasteiger partial charge in [0.1, 0.15) is 11.4 Å². The fourth-order valence-electron chi connectivity index (χ4n) is 4.67. The monoisotopic (exact) mass is 446 g/mol. The molecule has 32 heavy (non-hydrogen) atoms. The molecule has 0 bridgehead atoms. The summed E-state index contributed by atoms with van der Waals surface area (Å²) < 4.78 is 5.29. The lowest BCUT2D eigenvalue weighted by Gasteiger charge is -2.40. The van der Waals surface area contributed by atoms with Crippen LogP contribution in [0, 0.1) is 6.92 Å². The molecule has 0 aliphatic carbocycles. The molecule has 3 heterocycles. The first kappa shape index (κ1) is 21.2. The van der Waals surface area contributed by atoms with Crippen molar-refractivity contribution in [2.45, 2.75) is 32.2 Å². The quantitative estimate of drug-likeness (QED) is 0.583. The summed E-state index contributed by atoms with van der Waals surface area (Å²) in [6.45, 7) is 5.09. The summed E-state index contributed by atoms with van der Waals surface area (Å²) in [4.78, 5) is 16.4. The molecule has 1 aromatic heterocycles. The van der Waals surface area contributed by atoms with E-state index in [0.29, 0.717) is 6.04 Å². The highest BCUT2D eigenvalue weighted by molar-refractivity contribution is 7.11. The number of amidine groups is 1. The Morgan fingerprint density at radius 1 is 1.09 bits per heavy atom. The van der Waals surface area contributed by atoms with Gasteiger partial charge in [0.15, 0.2) is 5.84 Å². The Morgan fingerprint density at radius 2 is 1.91 bits per heavy atom. The molecule has 0 N–H and O–H groups in total. The van der Waals surface area contributed by atoms with Crippen LogP contribution in [0.15, 0.2) is 53.5 Å². The van der Waals surface area contributed by atoms with Crippen LogP contribution in [0.5, 0.6) is 5.75 Å². The Labute approximate surface area is 194 Å². The summed E-state index contributed by atoms with van der Waals surface area (Å²) in [5.41, 5.74) is 4.81. The maximum atomic E-state index is 5.29. The summed E-state index contributed by atoms with van der Waals surface area (Å²) in [5, 5.41) is 1.12. The fourth-order valence-corrected chi connectivity index (χ4v) is 5.62. The minimum absolute atomic E-state index is 0.482. The highest BCUT2D eigenvalue weighted by Gasteiger charge is 2.30. The number of benzene rings is 2. The molecule has 3 aromatic rings. The first-order valence-corrected chi connectivity index (χ1v) is 12.1. The first-order valence-electron chi connectivity index (χ1n) is 11.3. The van der Waals surface area contributed by atoms with Crippen LogP contribution < -0.4 is 4.74 Å². The molecule has 5 rings (SSSR count). The third-order valence-electron chi connectivity index (χ3n) is 6.59. The van der Waals surface area contributed by atoms with E-state index in [0.717, 1.165) is 66.9 Å². The minimum Gasteiger partial charge on any atom is -0.497 e. The third-order valence-corrected chi connectivity index (χ3v) is 7.56. The molecule has 0 radical (unpaired) electrons. The van der Waals surface area contributed by atoms with Crippen molar-refractivity contribution in [2.24, 2.45) is 4.99 Å². The van der Waals surface area contributed by atoms with Crippen molar-refractivity contribution >= 4 is 22.9 Å². The maximum absolute atomic E-state index is 5.29. The number of methoxy groups -OCH3 is 1. The Morgan fingerprint density at radius 3 is 2.72 bits per heavy atom. The van der Waals surface area contributed by atoms with E-state index in [-0.39, 0.29) is 0 Å². The predicted molar refractivity (Wildman–Crippen MR) is 132 cm³/mol. The lowest BCUT2D eigenvalue weighted by Crippen LogP contribution is -2.53. The Balaban J connectivity index is 1.38. The summed E-state index contributed by atoms with van der Waals surface area (Å²) >= 11 is 1.81. The minimum atomic E-state index is 0.482. The van der Waals surface area contributed by atoms with Crippen molar-refractivity contribution in [1.29, 1.82) is 0 Å². The number of fused-ring (bicyclic) bond motifs is 2. The lowest BCUT2D eigenvalue weighted by molar-refractivity contribution is 0.134. The Kier molecular flexibility index (Phi) is 5.98. The molecule has 0 spiro atoms. The molecule has 0 saturated carbocycles. The van der Waals surface area contributed by atoms with Crippen LogP contribution >= 0.6 is 11.3 Å². The van der Waals surface area contributed by atoms with Crippen molar-refractivity contribution in [2.75, 3.05) is 33.8 Å². The van der Waals surface area contributed by atoms with Gasteiger partial charge in [-0.15, -0.1) is 11.3 Å². The van der Waals surface area contributed by atoms with E-state index in [9.17, 15) is 0 Å². The first-order chi connectivity index (χ1) is 15.6. The molecule has 1 atom stereocenters. The van der Waals surface area contributed by atoms with Gasteiger partial charge < -0.3 is 9.64 Å². The number of hydrogen-bond acceptors (Lipinski definition) is 6. The molecular formula is C26H30N4OS. The van der Waals surface area contributed by atoms with Crippen LogP contribution in [0.25, 0.3) is 0 Å². The average Bonchev–Trinajstić information content (AvgIpc) is 3.10. The Hall–Kier alpha value is -2.70. The van der Waals surface area contributed by atoms with E-state index in [2.05, 4.69) is 72.3 Å². The van der Waals surface area contributed by atoms with E-state index in [4.69, 9.17) is 14.7 Å². The number of nitrogens with zero attached hydrogens (tertiary/aromatic N) is 4. The number of aliphatic imine (C=N–C) groups is 1. The molecule has 2 aliphatic rings. The van der Waals surface area contributed by atoms with Gasteiger partial charge in [0, 0.05) is 37.0 Å². The summed E-state index contributed by atoms with van der Waals surface area (Å²) in [6, 6.07) is 17.5. The van der Waals surface area contributed by atoms with Gasteiger partial charge >= 0.3 is 0 Å². The molecule has 0 amide bonds. The lowest BCUT2D eigenvalue weighted by atomic mass is 10.0. The van der Waals surface area contributed by atoms with Crippen LogP contribution in [0.1, 0.15) is 33.1 Å². The van der Waals surface area contributed by atoms with Gasteiger partial charge in [-0.1, -0.05) is 30.3 Å². The largest absolute Gasteiger partial charge is 0.497 e. The number of piperazine rings is 1. The number of ether oxygens (including phenoxy) is 1. The van der Waals surface area contributed by atoms with Gasteiger partial charge in [-0.25, -0.2) is 9.98 Å². The van der Waals surface area contributed by atoms with E-state index in [1.807, 2.05) is 11.3 Å². The van der Waals surface area contributed by atoms with Gasteiger partial charge in [-0.3, -0.25) is 4.90 Å². The molecule has 6 heteroatoms. The number of para-hydroxylation sites is 1. The second-order valence-corrected chi connectivity index (χ2v) is 10.0.